The van der Waals surface area contributed by atoms with Crippen LogP contribution in [0.3, 0.4) is 0 Å². The summed E-state index contributed by atoms with van der Waals surface area (Å²) in [6.45, 7) is 7.20. The van der Waals surface area contributed by atoms with Crippen LogP contribution in [0.2, 0.25) is 5.02 Å². The highest BCUT2D eigenvalue weighted by Crippen LogP contribution is 2.30. The van der Waals surface area contributed by atoms with Crippen molar-refractivity contribution >= 4 is 39.1 Å². The van der Waals surface area contributed by atoms with E-state index in [2.05, 4.69) is 5.32 Å². The van der Waals surface area contributed by atoms with Crippen LogP contribution in [0.4, 0.5) is 5.69 Å². The summed E-state index contributed by atoms with van der Waals surface area (Å²) in [6, 6.07) is 18.5. The lowest BCUT2D eigenvalue weighted by Crippen LogP contribution is -2.54. The number of anilines is 1. The van der Waals surface area contributed by atoms with Gasteiger partial charge in [0, 0.05) is 17.6 Å². The SMILES string of the molecule is CC[C@H](C(=O)NC1CCCCC1)N(Cc1ccccc1C)C(=O)CN(c1ccc(Cl)cc1C)S(=O)(=O)c1ccc(C)cc1. The lowest BCUT2D eigenvalue weighted by molar-refractivity contribution is -0.140. The molecule has 0 radical (unpaired) electrons. The molecule has 3 aromatic rings. The smallest absolute Gasteiger partial charge is 0.264 e. The molecule has 1 saturated carbocycles. The quantitative estimate of drug-likeness (QED) is 0.257. The molecule has 1 fully saturated rings. The number of hydrogen-bond acceptors (Lipinski definition) is 4. The molecule has 4 rings (SSSR count). The third-order valence-corrected chi connectivity index (χ3v) is 10.3. The second-order valence-corrected chi connectivity index (χ2v) is 13.8. The largest absolute Gasteiger partial charge is 0.352 e. The molecule has 2 amide bonds. The van der Waals surface area contributed by atoms with Crippen LogP contribution in [0.1, 0.15) is 67.7 Å². The minimum Gasteiger partial charge on any atom is -0.352 e. The molecule has 3 aromatic carbocycles. The standard InChI is InChI=1S/C34H42ClN3O4S/c1-5-31(34(40)36-29-13-7-6-8-14-29)37(22-27-12-10-9-11-25(27)3)33(39)23-38(32-20-17-28(35)21-26(32)4)43(41,42)30-18-15-24(2)16-19-30/h9-12,15-21,29,31H,5-8,13-14,22-23H2,1-4H3,(H,36,40)/t31-/m1/s1. The Hall–Kier alpha value is -3.36. The first-order valence-corrected chi connectivity index (χ1v) is 16.8. The van der Waals surface area contributed by atoms with Crippen LogP contribution in [-0.2, 0) is 26.2 Å². The monoisotopic (exact) mass is 623 g/mol. The molecule has 230 valence electrons. The van der Waals surface area contributed by atoms with Gasteiger partial charge in [0.15, 0.2) is 0 Å². The fourth-order valence-electron chi connectivity index (χ4n) is 5.68. The molecule has 0 heterocycles. The van der Waals surface area contributed by atoms with Gasteiger partial charge in [0.1, 0.15) is 12.6 Å². The highest BCUT2D eigenvalue weighted by Gasteiger charge is 2.35. The van der Waals surface area contributed by atoms with E-state index in [0.29, 0.717) is 22.7 Å². The van der Waals surface area contributed by atoms with Crippen molar-refractivity contribution in [1.82, 2.24) is 10.2 Å². The van der Waals surface area contributed by atoms with E-state index >= 15 is 0 Å². The lowest BCUT2D eigenvalue weighted by Gasteiger charge is -2.35. The Bertz CT molecular complexity index is 1540. The van der Waals surface area contributed by atoms with E-state index in [1.807, 2.05) is 45.0 Å². The maximum atomic E-state index is 14.4. The molecule has 1 aliphatic rings. The van der Waals surface area contributed by atoms with E-state index in [1.165, 1.54) is 0 Å². The maximum Gasteiger partial charge on any atom is 0.264 e. The first-order chi connectivity index (χ1) is 20.5. The van der Waals surface area contributed by atoms with Crippen LogP contribution in [-0.4, -0.2) is 43.8 Å². The Morgan fingerprint density at radius 2 is 1.60 bits per heavy atom. The second kappa shape index (κ2) is 14.4. The summed E-state index contributed by atoms with van der Waals surface area (Å²) in [4.78, 5) is 29.7. The van der Waals surface area contributed by atoms with E-state index in [9.17, 15) is 18.0 Å². The number of carbonyl (C=O) groups excluding carboxylic acids is 2. The molecule has 1 aliphatic carbocycles. The second-order valence-electron chi connectivity index (χ2n) is 11.5. The number of hydrogen-bond donors (Lipinski definition) is 1. The summed E-state index contributed by atoms with van der Waals surface area (Å²) in [7, 11) is -4.15. The minimum absolute atomic E-state index is 0.0767. The van der Waals surface area contributed by atoms with Gasteiger partial charge in [-0.3, -0.25) is 13.9 Å². The Morgan fingerprint density at radius 3 is 2.23 bits per heavy atom. The highest BCUT2D eigenvalue weighted by atomic mass is 35.5. The van der Waals surface area contributed by atoms with Crippen LogP contribution in [0, 0.1) is 20.8 Å². The minimum atomic E-state index is -4.15. The van der Waals surface area contributed by atoms with Gasteiger partial charge in [-0.1, -0.05) is 79.7 Å². The van der Waals surface area contributed by atoms with Crippen molar-refractivity contribution in [2.45, 2.75) is 89.7 Å². The fourth-order valence-corrected chi connectivity index (χ4v) is 7.39. The van der Waals surface area contributed by atoms with Crippen molar-refractivity contribution in [3.8, 4) is 0 Å². The molecular formula is C34H42ClN3O4S. The van der Waals surface area contributed by atoms with Crippen molar-refractivity contribution in [2.75, 3.05) is 10.8 Å². The van der Waals surface area contributed by atoms with Crippen molar-refractivity contribution in [2.24, 2.45) is 0 Å². The maximum absolute atomic E-state index is 14.4. The molecule has 0 aliphatic heterocycles. The summed E-state index contributed by atoms with van der Waals surface area (Å²) >= 11 is 6.22. The van der Waals surface area contributed by atoms with Gasteiger partial charge in [0.2, 0.25) is 11.8 Å². The molecule has 9 heteroatoms. The van der Waals surface area contributed by atoms with Gasteiger partial charge in [-0.15, -0.1) is 0 Å². The van der Waals surface area contributed by atoms with Crippen molar-refractivity contribution < 1.29 is 18.0 Å². The zero-order valence-corrected chi connectivity index (χ0v) is 27.0. The molecule has 0 saturated heterocycles. The van der Waals surface area contributed by atoms with Crippen LogP contribution < -0.4 is 9.62 Å². The number of sulfonamides is 1. The topological polar surface area (TPSA) is 86.8 Å². The molecule has 7 nitrogen and oxygen atoms in total. The van der Waals surface area contributed by atoms with Crippen LogP contribution >= 0.6 is 11.6 Å². The zero-order valence-electron chi connectivity index (χ0n) is 25.5. The van der Waals surface area contributed by atoms with Gasteiger partial charge in [0.05, 0.1) is 10.6 Å². The molecule has 0 spiro atoms. The van der Waals surface area contributed by atoms with Gasteiger partial charge in [-0.25, -0.2) is 8.42 Å². The fraction of sp³-hybridized carbons (Fsp3) is 0.412. The van der Waals surface area contributed by atoms with Gasteiger partial charge in [-0.05, 0) is 87.1 Å². The summed E-state index contributed by atoms with van der Waals surface area (Å²) in [6.07, 6.45) is 5.54. The van der Waals surface area contributed by atoms with Crippen LogP contribution in [0.25, 0.3) is 0 Å². The summed E-state index contributed by atoms with van der Waals surface area (Å²) in [5.74, 6) is -0.661. The number of rotatable bonds is 11. The van der Waals surface area contributed by atoms with Crippen LogP contribution in [0.15, 0.2) is 71.6 Å². The number of carbonyl (C=O) groups is 2. The van der Waals surface area contributed by atoms with Crippen LogP contribution in [0.5, 0.6) is 0 Å². The average molecular weight is 624 g/mol. The van der Waals surface area contributed by atoms with Crippen molar-refractivity contribution in [3.63, 3.8) is 0 Å². The third kappa shape index (κ3) is 7.98. The first kappa shape index (κ1) is 32.6. The Balaban J connectivity index is 1.74. The summed E-state index contributed by atoms with van der Waals surface area (Å²) in [5, 5.41) is 3.65. The summed E-state index contributed by atoms with van der Waals surface area (Å²) in [5.41, 5.74) is 3.77. The number of halogens is 1. The molecular weight excluding hydrogens is 582 g/mol. The number of amides is 2. The van der Waals surface area contributed by atoms with Gasteiger partial charge < -0.3 is 10.2 Å². The van der Waals surface area contributed by atoms with Crippen molar-refractivity contribution in [1.29, 1.82) is 0 Å². The first-order valence-electron chi connectivity index (χ1n) is 15.0. The molecule has 1 N–H and O–H groups in total. The lowest BCUT2D eigenvalue weighted by atomic mass is 9.95. The number of aryl methyl sites for hydroxylation is 3. The van der Waals surface area contributed by atoms with E-state index in [1.54, 1.807) is 54.3 Å². The predicted octanol–water partition coefficient (Wildman–Crippen LogP) is 6.72. The highest BCUT2D eigenvalue weighted by molar-refractivity contribution is 7.92. The molecule has 0 bridgehead atoms. The Kier molecular flexibility index (Phi) is 10.9. The normalized spacial score (nSPS) is 14.6. The molecule has 1 atom stereocenters. The Labute approximate surface area is 261 Å². The van der Waals surface area contributed by atoms with Crippen molar-refractivity contribution in [3.05, 3.63) is 94.0 Å². The number of nitrogens with one attached hydrogen (secondary N) is 1. The summed E-state index contributed by atoms with van der Waals surface area (Å²) < 4.78 is 29.4. The number of nitrogens with zero attached hydrogens (tertiary/aromatic N) is 2. The van der Waals surface area contributed by atoms with Gasteiger partial charge >= 0.3 is 0 Å². The third-order valence-electron chi connectivity index (χ3n) is 8.25. The zero-order chi connectivity index (χ0) is 31.1. The number of benzene rings is 3. The molecule has 0 unspecified atom stereocenters. The van der Waals surface area contributed by atoms with E-state index in [0.717, 1.165) is 53.1 Å². The average Bonchev–Trinajstić information content (AvgIpc) is 2.97. The van der Waals surface area contributed by atoms with E-state index < -0.39 is 28.5 Å². The van der Waals surface area contributed by atoms with E-state index in [4.69, 9.17) is 11.6 Å². The molecule has 43 heavy (non-hydrogen) atoms. The predicted molar refractivity (Wildman–Crippen MR) is 173 cm³/mol. The molecule has 0 aromatic heterocycles. The van der Waals surface area contributed by atoms with Gasteiger partial charge in [-0.2, -0.15) is 0 Å². The van der Waals surface area contributed by atoms with Gasteiger partial charge in [0.25, 0.3) is 10.0 Å². The van der Waals surface area contributed by atoms with E-state index in [-0.39, 0.29) is 23.4 Å². The Morgan fingerprint density at radius 1 is 0.930 bits per heavy atom.